The van der Waals surface area contributed by atoms with Gasteiger partial charge in [-0.3, -0.25) is 4.90 Å². The van der Waals surface area contributed by atoms with E-state index < -0.39 is 0 Å². The summed E-state index contributed by atoms with van der Waals surface area (Å²) in [5.41, 5.74) is 2.38. The zero-order chi connectivity index (χ0) is 15.2. The fourth-order valence-electron chi connectivity index (χ4n) is 3.17. The molecule has 1 atom stereocenters. The van der Waals surface area contributed by atoms with E-state index in [0.29, 0.717) is 6.04 Å². The molecule has 1 N–H and O–H groups in total. The molecule has 1 fully saturated rings. The highest BCUT2D eigenvalue weighted by molar-refractivity contribution is 6.33. The first-order valence-electron chi connectivity index (χ1n) is 8.10. The van der Waals surface area contributed by atoms with E-state index in [-0.39, 0.29) is 0 Å². The van der Waals surface area contributed by atoms with Crippen LogP contribution < -0.4 is 10.2 Å². The van der Waals surface area contributed by atoms with Crippen molar-refractivity contribution in [2.45, 2.75) is 39.3 Å². The van der Waals surface area contributed by atoms with E-state index in [1.807, 2.05) is 0 Å². The van der Waals surface area contributed by atoms with Crippen LogP contribution >= 0.6 is 11.6 Å². The zero-order valence-corrected chi connectivity index (χ0v) is 14.3. The largest absolute Gasteiger partial charge is 0.372 e. The number of nitrogens with one attached hydrogen (secondary N) is 1. The third-order valence-corrected chi connectivity index (χ3v) is 4.70. The molecular weight excluding hydrogens is 282 g/mol. The zero-order valence-electron chi connectivity index (χ0n) is 13.5. The Labute approximate surface area is 134 Å². The van der Waals surface area contributed by atoms with Gasteiger partial charge < -0.3 is 10.2 Å². The molecule has 0 aliphatic carbocycles. The Kier molecular flexibility index (Phi) is 6.34. The molecular formula is C17H28ClN3. The molecule has 1 aliphatic heterocycles. The number of nitrogens with zero attached hydrogens (tertiary/aromatic N) is 2. The van der Waals surface area contributed by atoms with Crippen LogP contribution in [0.1, 0.15) is 32.3 Å². The molecule has 118 valence electrons. The Hall–Kier alpha value is -0.770. The minimum atomic E-state index is 0.664. The van der Waals surface area contributed by atoms with Crippen molar-refractivity contribution in [2.24, 2.45) is 0 Å². The van der Waals surface area contributed by atoms with Crippen molar-refractivity contribution in [3.8, 4) is 0 Å². The van der Waals surface area contributed by atoms with Gasteiger partial charge in [0.25, 0.3) is 0 Å². The minimum absolute atomic E-state index is 0.664. The molecule has 0 radical (unpaired) electrons. The second-order valence-electron chi connectivity index (χ2n) is 5.87. The van der Waals surface area contributed by atoms with Crippen molar-refractivity contribution < 1.29 is 0 Å². The van der Waals surface area contributed by atoms with Crippen molar-refractivity contribution >= 4 is 17.3 Å². The highest BCUT2D eigenvalue weighted by Crippen LogP contribution is 2.28. The van der Waals surface area contributed by atoms with Gasteiger partial charge >= 0.3 is 0 Å². The van der Waals surface area contributed by atoms with Crippen molar-refractivity contribution in [3.05, 3.63) is 28.8 Å². The molecule has 1 aromatic rings. The first kappa shape index (κ1) is 16.6. The van der Waals surface area contributed by atoms with E-state index in [2.05, 4.69) is 54.2 Å². The topological polar surface area (TPSA) is 18.5 Å². The Balaban J connectivity index is 2.00. The fraction of sp³-hybridized carbons (Fsp3) is 0.647. The number of anilines is 1. The third-order valence-electron chi connectivity index (χ3n) is 4.39. The molecule has 0 amide bonds. The van der Waals surface area contributed by atoms with Gasteiger partial charge in [0.1, 0.15) is 0 Å². The molecule has 1 saturated heterocycles. The normalized spacial score (nSPS) is 19.1. The van der Waals surface area contributed by atoms with E-state index in [1.54, 1.807) is 0 Å². The average molecular weight is 310 g/mol. The van der Waals surface area contributed by atoms with Crippen LogP contribution in [0.2, 0.25) is 5.02 Å². The monoisotopic (exact) mass is 309 g/mol. The van der Waals surface area contributed by atoms with Gasteiger partial charge in [-0.05, 0) is 50.2 Å². The molecule has 1 unspecified atom stereocenters. The lowest BCUT2D eigenvalue weighted by Crippen LogP contribution is -2.38. The van der Waals surface area contributed by atoms with Crippen LogP contribution in [0.5, 0.6) is 0 Å². The molecule has 2 rings (SSSR count). The number of likely N-dealkylation sites (N-methyl/N-ethyl adjacent to an activating group) is 2. The van der Waals surface area contributed by atoms with Gasteiger partial charge in [0.15, 0.2) is 0 Å². The second-order valence-corrected chi connectivity index (χ2v) is 6.28. The molecule has 1 aliphatic rings. The van der Waals surface area contributed by atoms with E-state index in [0.717, 1.165) is 36.9 Å². The lowest BCUT2D eigenvalue weighted by atomic mass is 10.1. The Bertz CT molecular complexity index is 450. The van der Waals surface area contributed by atoms with Gasteiger partial charge in [-0.15, -0.1) is 0 Å². The Morgan fingerprint density at radius 1 is 1.38 bits per heavy atom. The first-order valence-corrected chi connectivity index (χ1v) is 8.47. The summed E-state index contributed by atoms with van der Waals surface area (Å²) < 4.78 is 0. The number of likely N-dealkylation sites (tertiary alicyclic amines) is 1. The number of rotatable bonds is 7. The lowest BCUT2D eigenvalue weighted by Gasteiger charge is -2.29. The van der Waals surface area contributed by atoms with E-state index in [9.17, 15) is 0 Å². The van der Waals surface area contributed by atoms with Crippen molar-refractivity contribution in [3.63, 3.8) is 0 Å². The minimum Gasteiger partial charge on any atom is -0.372 e. The van der Waals surface area contributed by atoms with Gasteiger partial charge in [0, 0.05) is 26.2 Å². The van der Waals surface area contributed by atoms with Gasteiger partial charge in [0.05, 0.1) is 10.7 Å². The van der Waals surface area contributed by atoms with Crippen LogP contribution in [0.4, 0.5) is 5.69 Å². The van der Waals surface area contributed by atoms with Crippen LogP contribution in [-0.2, 0) is 6.54 Å². The molecule has 4 heteroatoms. The summed E-state index contributed by atoms with van der Waals surface area (Å²) in [7, 11) is 2.15. The number of halogens is 1. The average Bonchev–Trinajstić information content (AvgIpc) is 2.92. The summed E-state index contributed by atoms with van der Waals surface area (Å²) in [6.07, 6.45) is 2.62. The third kappa shape index (κ3) is 4.35. The molecule has 1 heterocycles. The van der Waals surface area contributed by atoms with Crippen molar-refractivity contribution in [1.29, 1.82) is 0 Å². The molecule has 1 aromatic carbocycles. The van der Waals surface area contributed by atoms with E-state index >= 15 is 0 Å². The maximum Gasteiger partial charge on any atom is 0.0642 e. The maximum absolute atomic E-state index is 6.48. The van der Waals surface area contributed by atoms with Crippen LogP contribution in [0, 0.1) is 0 Å². The quantitative estimate of drug-likeness (QED) is 0.833. The predicted molar refractivity (Wildman–Crippen MR) is 92.4 cm³/mol. The van der Waals surface area contributed by atoms with Crippen molar-refractivity contribution in [2.75, 3.05) is 38.1 Å². The SMILES string of the molecule is CCNCc1ccc(N(C)CC2CCCN2CC)c(Cl)c1. The van der Waals surface area contributed by atoms with E-state index in [4.69, 9.17) is 11.6 Å². The number of hydrogen-bond acceptors (Lipinski definition) is 3. The smallest absolute Gasteiger partial charge is 0.0642 e. The number of benzene rings is 1. The van der Waals surface area contributed by atoms with Crippen LogP contribution in [-0.4, -0.2) is 44.2 Å². The summed E-state index contributed by atoms with van der Waals surface area (Å²) in [6.45, 7) is 9.67. The van der Waals surface area contributed by atoms with Crippen LogP contribution in [0.25, 0.3) is 0 Å². The summed E-state index contributed by atoms with van der Waals surface area (Å²) in [5, 5.41) is 4.19. The second kappa shape index (κ2) is 8.02. The number of hydrogen-bond donors (Lipinski definition) is 1. The van der Waals surface area contributed by atoms with E-state index in [1.165, 1.54) is 24.9 Å². The fourth-order valence-corrected chi connectivity index (χ4v) is 3.52. The summed E-state index contributed by atoms with van der Waals surface area (Å²) >= 11 is 6.48. The Morgan fingerprint density at radius 2 is 2.19 bits per heavy atom. The molecule has 0 bridgehead atoms. The highest BCUT2D eigenvalue weighted by Gasteiger charge is 2.24. The molecule has 0 saturated carbocycles. The highest BCUT2D eigenvalue weighted by atomic mass is 35.5. The van der Waals surface area contributed by atoms with Gasteiger partial charge in [-0.2, -0.15) is 0 Å². The molecule has 21 heavy (non-hydrogen) atoms. The standard InChI is InChI=1S/C17H28ClN3/c1-4-19-12-14-8-9-17(16(18)11-14)20(3)13-15-7-6-10-21(15)5-2/h8-9,11,15,19H,4-7,10,12-13H2,1-3H3. The first-order chi connectivity index (χ1) is 10.2. The summed E-state index contributed by atoms with van der Waals surface area (Å²) in [5.74, 6) is 0. The summed E-state index contributed by atoms with van der Waals surface area (Å²) in [4.78, 5) is 4.88. The molecule has 0 spiro atoms. The van der Waals surface area contributed by atoms with Gasteiger partial charge in [0.2, 0.25) is 0 Å². The van der Waals surface area contributed by atoms with Crippen LogP contribution in [0.3, 0.4) is 0 Å². The van der Waals surface area contributed by atoms with Gasteiger partial charge in [-0.25, -0.2) is 0 Å². The predicted octanol–water partition coefficient (Wildman–Crippen LogP) is 3.37. The summed E-state index contributed by atoms with van der Waals surface area (Å²) in [6, 6.07) is 7.08. The molecule has 3 nitrogen and oxygen atoms in total. The maximum atomic E-state index is 6.48. The molecule has 0 aromatic heterocycles. The Morgan fingerprint density at radius 3 is 2.86 bits per heavy atom. The van der Waals surface area contributed by atoms with Crippen LogP contribution in [0.15, 0.2) is 18.2 Å². The lowest BCUT2D eigenvalue weighted by molar-refractivity contribution is 0.270. The van der Waals surface area contributed by atoms with Crippen molar-refractivity contribution in [1.82, 2.24) is 10.2 Å². The van der Waals surface area contributed by atoms with Gasteiger partial charge in [-0.1, -0.05) is 31.5 Å².